The highest BCUT2D eigenvalue weighted by molar-refractivity contribution is 7.47. The number of nitrogens with one attached hydrogen (secondary N) is 1. The minimum atomic E-state index is -4.76. The van der Waals surface area contributed by atoms with Gasteiger partial charge in [-0.15, -0.1) is 0 Å². The number of carboxylic acid groups (broad SMARTS) is 1. The second kappa shape index (κ2) is 43.6. The lowest BCUT2D eigenvalue weighted by atomic mass is 10.0. The number of aliphatic hydroxyl groups excluding tert-OH is 1. The van der Waals surface area contributed by atoms with Crippen LogP contribution < -0.4 is 5.32 Å². The van der Waals surface area contributed by atoms with Crippen molar-refractivity contribution in [3.63, 3.8) is 0 Å². The van der Waals surface area contributed by atoms with Crippen molar-refractivity contribution in [3.05, 3.63) is 24.3 Å². The summed E-state index contributed by atoms with van der Waals surface area (Å²) in [6.45, 7) is 2.60. The van der Waals surface area contributed by atoms with Crippen LogP contribution in [0.5, 0.6) is 0 Å². The summed E-state index contributed by atoms with van der Waals surface area (Å²) in [5.41, 5.74) is 0. The van der Waals surface area contributed by atoms with Gasteiger partial charge in [0.1, 0.15) is 12.7 Å². The predicted octanol–water partition coefficient (Wildman–Crippen LogP) is 13.0. The number of unbranched alkanes of at least 4 members (excludes halogenated alkanes) is 28. The van der Waals surface area contributed by atoms with Gasteiger partial charge in [-0.3, -0.25) is 18.6 Å². The Morgan fingerprint density at radius 1 is 0.533 bits per heavy atom. The number of ether oxygens (including phenoxy) is 1. The number of carbonyl (C=O) groups is 3. The maximum absolute atomic E-state index is 12.3. The van der Waals surface area contributed by atoms with Crippen LogP contribution in [0.3, 0.4) is 0 Å². The van der Waals surface area contributed by atoms with Crippen molar-refractivity contribution in [3.8, 4) is 0 Å². The molecule has 0 aliphatic carbocycles. The zero-order valence-corrected chi connectivity index (χ0v) is 39.2. The summed E-state index contributed by atoms with van der Waals surface area (Å²) in [6.07, 6.45) is 46.2. The molecule has 0 aromatic heterocycles. The van der Waals surface area contributed by atoms with E-state index in [4.69, 9.17) is 13.8 Å². The Bertz CT molecular complexity index is 1120. The quantitative estimate of drug-likeness (QED) is 0.0200. The largest absolute Gasteiger partial charge is 0.480 e. The van der Waals surface area contributed by atoms with Crippen molar-refractivity contribution < 1.29 is 47.8 Å². The number of carboxylic acids is 1. The van der Waals surface area contributed by atoms with Gasteiger partial charge in [0.15, 0.2) is 6.04 Å². The van der Waals surface area contributed by atoms with Crippen LogP contribution in [0.4, 0.5) is 0 Å². The number of amides is 1. The number of aliphatic hydroxyl groups is 1. The molecule has 0 saturated heterocycles. The summed E-state index contributed by atoms with van der Waals surface area (Å²) in [5.74, 6) is -2.36. The first kappa shape index (κ1) is 58.0. The van der Waals surface area contributed by atoms with E-state index in [0.717, 1.165) is 51.4 Å². The molecule has 11 nitrogen and oxygen atoms in total. The van der Waals surface area contributed by atoms with E-state index in [2.05, 4.69) is 43.5 Å². The molecule has 0 radical (unpaired) electrons. The SMILES string of the molecule is CCCCC/C=C\C/C=C\CCCCCCCCCCCC(=O)OCC(O)COP(=O)(O)OCC(NC(=O)CCCCCCCCCCCCCCCCCCC)C(=O)O. The van der Waals surface area contributed by atoms with Gasteiger partial charge in [-0.25, -0.2) is 9.36 Å². The van der Waals surface area contributed by atoms with E-state index in [1.54, 1.807) is 0 Å². The van der Waals surface area contributed by atoms with Crippen molar-refractivity contribution >= 4 is 25.7 Å². The maximum atomic E-state index is 12.3. The Hall–Kier alpha value is -2.04. The maximum Gasteiger partial charge on any atom is 0.472 e. The molecule has 0 heterocycles. The minimum absolute atomic E-state index is 0.150. The van der Waals surface area contributed by atoms with Crippen LogP contribution in [0.15, 0.2) is 24.3 Å². The summed E-state index contributed by atoms with van der Waals surface area (Å²) in [5, 5.41) is 21.9. The van der Waals surface area contributed by atoms with Gasteiger partial charge < -0.3 is 25.2 Å². The zero-order chi connectivity index (χ0) is 44.2. The van der Waals surface area contributed by atoms with Gasteiger partial charge in [0.25, 0.3) is 0 Å². The average molecular weight is 872 g/mol. The molecule has 0 aromatic carbocycles. The molecule has 0 saturated carbocycles. The highest BCUT2D eigenvalue weighted by Gasteiger charge is 2.28. The van der Waals surface area contributed by atoms with Crippen molar-refractivity contribution in [1.82, 2.24) is 5.32 Å². The molecule has 0 spiro atoms. The zero-order valence-electron chi connectivity index (χ0n) is 38.3. The fourth-order valence-electron chi connectivity index (χ4n) is 6.94. The molecule has 3 unspecified atom stereocenters. The molecule has 0 bridgehead atoms. The summed E-state index contributed by atoms with van der Waals surface area (Å²) < 4.78 is 26.9. The van der Waals surface area contributed by atoms with Crippen LogP contribution in [-0.4, -0.2) is 64.9 Å². The summed E-state index contributed by atoms with van der Waals surface area (Å²) in [7, 11) is -4.76. The molecule has 0 aromatic rings. The lowest BCUT2D eigenvalue weighted by Gasteiger charge is -2.18. The monoisotopic (exact) mass is 872 g/mol. The van der Waals surface area contributed by atoms with Crippen molar-refractivity contribution in [2.24, 2.45) is 0 Å². The lowest BCUT2D eigenvalue weighted by Crippen LogP contribution is -2.43. The van der Waals surface area contributed by atoms with Gasteiger partial charge in [0.2, 0.25) is 5.91 Å². The van der Waals surface area contributed by atoms with E-state index >= 15 is 0 Å². The number of hydrogen-bond donors (Lipinski definition) is 4. The van der Waals surface area contributed by atoms with E-state index in [0.29, 0.717) is 12.8 Å². The van der Waals surface area contributed by atoms with Crippen molar-refractivity contribution in [1.29, 1.82) is 0 Å². The topological polar surface area (TPSA) is 169 Å². The van der Waals surface area contributed by atoms with Gasteiger partial charge in [-0.05, 0) is 44.9 Å². The molecule has 1 amide bonds. The smallest absolute Gasteiger partial charge is 0.472 e. The first-order valence-electron chi connectivity index (χ1n) is 24.4. The van der Waals surface area contributed by atoms with E-state index in [9.17, 15) is 34.1 Å². The molecular weight excluding hydrogens is 781 g/mol. The van der Waals surface area contributed by atoms with Crippen molar-refractivity contribution in [2.75, 3.05) is 19.8 Å². The Balaban J connectivity index is 3.83. The highest BCUT2D eigenvalue weighted by atomic mass is 31.2. The lowest BCUT2D eigenvalue weighted by molar-refractivity contribution is -0.147. The second-order valence-electron chi connectivity index (χ2n) is 16.7. The number of hydrogen-bond acceptors (Lipinski definition) is 8. The molecule has 4 N–H and O–H groups in total. The number of phosphoric acid groups is 1. The Labute approximate surface area is 366 Å². The molecule has 12 heteroatoms. The number of aliphatic carboxylic acids is 1. The molecule has 0 fully saturated rings. The standard InChI is InChI=1S/C48H90NO10P/c1-3-5-7-9-11-13-15-17-19-21-22-24-26-28-30-32-34-36-38-40-47(52)57-41-44(50)42-58-60(55,56)59-43-45(48(53)54)49-46(51)39-37-35-33-31-29-27-25-23-20-18-16-14-12-10-8-6-4-2/h11,13,17,19,44-45,50H,3-10,12,14-16,18,20-43H2,1-2H3,(H,49,51)(H,53,54)(H,55,56)/b13-11-,19-17-. The molecule has 3 atom stereocenters. The van der Waals surface area contributed by atoms with Crippen LogP contribution in [0.1, 0.15) is 232 Å². The van der Waals surface area contributed by atoms with Gasteiger partial charge in [0, 0.05) is 12.8 Å². The predicted molar refractivity (Wildman–Crippen MR) is 245 cm³/mol. The number of phosphoric ester groups is 1. The van der Waals surface area contributed by atoms with Crippen LogP contribution in [-0.2, 0) is 32.7 Å². The van der Waals surface area contributed by atoms with Crippen LogP contribution >= 0.6 is 7.82 Å². The molecule has 352 valence electrons. The molecule has 0 aliphatic rings. The van der Waals surface area contributed by atoms with Crippen LogP contribution in [0, 0.1) is 0 Å². The summed E-state index contributed by atoms with van der Waals surface area (Å²) >= 11 is 0. The first-order valence-corrected chi connectivity index (χ1v) is 25.9. The molecule has 0 rings (SSSR count). The first-order chi connectivity index (χ1) is 29.1. The third-order valence-corrected chi connectivity index (χ3v) is 11.7. The third kappa shape index (κ3) is 42.6. The molecule has 0 aliphatic heterocycles. The van der Waals surface area contributed by atoms with E-state index < -0.39 is 57.6 Å². The van der Waals surface area contributed by atoms with Crippen LogP contribution in [0.25, 0.3) is 0 Å². The molecule has 60 heavy (non-hydrogen) atoms. The second-order valence-corrected chi connectivity index (χ2v) is 18.1. The number of allylic oxidation sites excluding steroid dienone is 4. The molecular formula is C48H90NO10P. The Morgan fingerprint density at radius 3 is 1.38 bits per heavy atom. The summed E-state index contributed by atoms with van der Waals surface area (Å²) in [6, 6.07) is -1.54. The van der Waals surface area contributed by atoms with Crippen molar-refractivity contribution in [2.45, 2.75) is 244 Å². The van der Waals surface area contributed by atoms with Gasteiger partial charge in [0.05, 0.1) is 13.2 Å². The number of carbonyl (C=O) groups excluding carboxylic acids is 2. The van der Waals surface area contributed by atoms with Gasteiger partial charge >= 0.3 is 19.8 Å². The summed E-state index contributed by atoms with van der Waals surface area (Å²) in [4.78, 5) is 46.0. The average Bonchev–Trinajstić information content (AvgIpc) is 3.22. The normalized spacial score (nSPS) is 13.8. The van der Waals surface area contributed by atoms with Crippen LogP contribution in [0.2, 0.25) is 0 Å². The third-order valence-electron chi connectivity index (χ3n) is 10.7. The van der Waals surface area contributed by atoms with Gasteiger partial charge in [-0.1, -0.05) is 199 Å². The number of rotatable bonds is 46. The Kier molecular flexibility index (Phi) is 42.1. The Morgan fingerprint density at radius 2 is 0.917 bits per heavy atom. The number of esters is 1. The van der Waals surface area contributed by atoms with E-state index in [1.807, 2.05) is 0 Å². The van der Waals surface area contributed by atoms with E-state index in [1.165, 1.54) is 141 Å². The fraction of sp³-hybridized carbons (Fsp3) is 0.854. The van der Waals surface area contributed by atoms with E-state index in [-0.39, 0.29) is 12.8 Å². The highest BCUT2D eigenvalue weighted by Crippen LogP contribution is 2.43. The minimum Gasteiger partial charge on any atom is -0.480 e. The van der Waals surface area contributed by atoms with Gasteiger partial charge in [-0.2, -0.15) is 0 Å². The fourth-order valence-corrected chi connectivity index (χ4v) is 7.71.